The van der Waals surface area contributed by atoms with Crippen LogP contribution in [0.1, 0.15) is 13.3 Å². The van der Waals surface area contributed by atoms with Crippen LogP contribution >= 0.6 is 0 Å². The number of alkyl halides is 3. The van der Waals surface area contributed by atoms with Gasteiger partial charge in [0.25, 0.3) is 0 Å². The highest BCUT2D eigenvalue weighted by atomic mass is 19.4. The van der Waals surface area contributed by atoms with Crippen LogP contribution in [0.3, 0.4) is 0 Å². The molecule has 0 N–H and O–H groups in total. The molecule has 0 unspecified atom stereocenters. The molecular formula is C8H9F3O3. The second-order valence-electron chi connectivity index (χ2n) is 2.51. The largest absolute Gasteiger partial charge is 0.461 e. The number of carbonyl (C=O) groups is 2. The van der Waals surface area contributed by atoms with Crippen molar-refractivity contribution >= 4 is 11.8 Å². The standard InChI is InChI=1S/C8H9F3O3/c1-6(12)5-7(13)14-4-2-3-8(9,10)11/h2-3H,4-5H2,1H3/b3-2+. The van der Waals surface area contributed by atoms with Gasteiger partial charge in [0.15, 0.2) is 0 Å². The zero-order chi connectivity index (χ0) is 11.2. The van der Waals surface area contributed by atoms with Crippen molar-refractivity contribution in [1.29, 1.82) is 0 Å². The number of allylic oxidation sites excluding steroid dienone is 1. The zero-order valence-corrected chi connectivity index (χ0v) is 7.43. The molecular weight excluding hydrogens is 201 g/mol. The maximum absolute atomic E-state index is 11.5. The number of ketones is 1. The second kappa shape index (κ2) is 5.41. The highest BCUT2D eigenvalue weighted by molar-refractivity contribution is 5.94. The van der Waals surface area contributed by atoms with Crippen molar-refractivity contribution in [2.75, 3.05) is 6.61 Å². The molecule has 0 aromatic rings. The predicted octanol–water partition coefficient (Wildman–Crippen LogP) is 1.63. The fourth-order valence-corrected chi connectivity index (χ4v) is 0.577. The minimum atomic E-state index is -4.41. The Bertz CT molecular complexity index is 243. The van der Waals surface area contributed by atoms with Crippen molar-refractivity contribution in [2.24, 2.45) is 0 Å². The fraction of sp³-hybridized carbons (Fsp3) is 0.500. The number of rotatable bonds is 4. The van der Waals surface area contributed by atoms with E-state index in [0.29, 0.717) is 6.08 Å². The quantitative estimate of drug-likeness (QED) is 0.402. The van der Waals surface area contributed by atoms with Gasteiger partial charge in [-0.25, -0.2) is 0 Å². The first kappa shape index (κ1) is 12.7. The van der Waals surface area contributed by atoms with Gasteiger partial charge < -0.3 is 4.74 Å². The van der Waals surface area contributed by atoms with Crippen molar-refractivity contribution in [3.8, 4) is 0 Å². The third kappa shape index (κ3) is 8.76. The molecule has 0 aromatic carbocycles. The number of carbonyl (C=O) groups excluding carboxylic acids is 2. The molecule has 0 bridgehead atoms. The Labute approximate surface area is 78.5 Å². The summed E-state index contributed by atoms with van der Waals surface area (Å²) in [4.78, 5) is 21.0. The lowest BCUT2D eigenvalue weighted by atomic mass is 10.3. The van der Waals surface area contributed by atoms with E-state index in [9.17, 15) is 22.8 Å². The molecule has 3 nitrogen and oxygen atoms in total. The van der Waals surface area contributed by atoms with Crippen LogP contribution in [0.4, 0.5) is 13.2 Å². The van der Waals surface area contributed by atoms with E-state index in [1.165, 1.54) is 6.92 Å². The molecule has 0 rings (SSSR count). The normalized spacial score (nSPS) is 11.7. The van der Waals surface area contributed by atoms with Crippen LogP contribution in [-0.4, -0.2) is 24.5 Å². The van der Waals surface area contributed by atoms with E-state index in [-0.39, 0.29) is 6.08 Å². The summed E-state index contributed by atoms with van der Waals surface area (Å²) in [5, 5.41) is 0. The molecule has 0 radical (unpaired) electrons. The van der Waals surface area contributed by atoms with Crippen LogP contribution in [0.25, 0.3) is 0 Å². The zero-order valence-electron chi connectivity index (χ0n) is 7.43. The average molecular weight is 210 g/mol. The van der Waals surface area contributed by atoms with Crippen LogP contribution in [0.15, 0.2) is 12.2 Å². The summed E-state index contributed by atoms with van der Waals surface area (Å²) in [7, 11) is 0. The predicted molar refractivity (Wildman–Crippen MR) is 41.5 cm³/mol. The van der Waals surface area contributed by atoms with Gasteiger partial charge in [-0.15, -0.1) is 0 Å². The minimum Gasteiger partial charge on any atom is -0.461 e. The Morgan fingerprint density at radius 1 is 1.36 bits per heavy atom. The Morgan fingerprint density at radius 3 is 2.36 bits per heavy atom. The molecule has 0 aliphatic carbocycles. The van der Waals surface area contributed by atoms with Gasteiger partial charge in [-0.3, -0.25) is 9.59 Å². The first-order chi connectivity index (χ1) is 6.31. The van der Waals surface area contributed by atoms with E-state index >= 15 is 0 Å². The van der Waals surface area contributed by atoms with Gasteiger partial charge in [0, 0.05) is 6.08 Å². The van der Waals surface area contributed by atoms with Crippen molar-refractivity contribution in [1.82, 2.24) is 0 Å². The SMILES string of the molecule is CC(=O)CC(=O)OC/C=C/C(F)(F)F. The summed E-state index contributed by atoms with van der Waals surface area (Å²) in [6.07, 6.45) is -4.20. The number of Topliss-reactive ketones (excluding diaryl/α,β-unsaturated/α-hetero) is 1. The van der Waals surface area contributed by atoms with E-state index in [1.54, 1.807) is 0 Å². The first-order valence-electron chi connectivity index (χ1n) is 3.71. The lowest BCUT2D eigenvalue weighted by molar-refractivity contribution is -0.144. The van der Waals surface area contributed by atoms with E-state index in [2.05, 4.69) is 4.74 Å². The molecule has 0 amide bonds. The maximum atomic E-state index is 11.5. The Hall–Kier alpha value is -1.33. The molecule has 80 valence electrons. The topological polar surface area (TPSA) is 43.4 Å². The van der Waals surface area contributed by atoms with Crippen molar-refractivity contribution in [3.63, 3.8) is 0 Å². The molecule has 0 spiro atoms. The van der Waals surface area contributed by atoms with Crippen LogP contribution in [0.2, 0.25) is 0 Å². The Morgan fingerprint density at radius 2 is 1.93 bits per heavy atom. The summed E-state index contributed by atoms with van der Waals surface area (Å²) in [5.41, 5.74) is 0. The molecule has 0 fully saturated rings. The molecule has 14 heavy (non-hydrogen) atoms. The van der Waals surface area contributed by atoms with E-state index < -0.39 is 31.0 Å². The number of halogens is 3. The molecule has 0 aliphatic heterocycles. The highest BCUT2D eigenvalue weighted by Crippen LogP contribution is 2.15. The Balaban J connectivity index is 3.70. The molecule has 0 atom stereocenters. The van der Waals surface area contributed by atoms with Crippen molar-refractivity contribution in [2.45, 2.75) is 19.5 Å². The monoisotopic (exact) mass is 210 g/mol. The third-order valence-electron chi connectivity index (χ3n) is 1.04. The molecule has 0 heterocycles. The smallest absolute Gasteiger partial charge is 0.409 e. The van der Waals surface area contributed by atoms with Gasteiger partial charge >= 0.3 is 12.1 Å². The van der Waals surface area contributed by atoms with Gasteiger partial charge in [0.2, 0.25) is 0 Å². The lowest BCUT2D eigenvalue weighted by Gasteiger charge is -2.00. The van der Waals surface area contributed by atoms with Crippen molar-refractivity contribution in [3.05, 3.63) is 12.2 Å². The fourth-order valence-electron chi connectivity index (χ4n) is 0.577. The summed E-state index contributed by atoms with van der Waals surface area (Å²) in [5.74, 6) is -1.22. The lowest BCUT2D eigenvalue weighted by Crippen LogP contribution is -2.09. The molecule has 0 aliphatic rings. The Kier molecular flexibility index (Phi) is 4.90. The van der Waals surface area contributed by atoms with Crippen LogP contribution in [-0.2, 0) is 14.3 Å². The van der Waals surface area contributed by atoms with Crippen LogP contribution in [0.5, 0.6) is 0 Å². The summed E-state index contributed by atoms with van der Waals surface area (Å²) in [6.45, 7) is 0.707. The van der Waals surface area contributed by atoms with E-state index in [1.807, 2.05) is 0 Å². The second-order valence-corrected chi connectivity index (χ2v) is 2.51. The molecule has 0 saturated carbocycles. The summed E-state index contributed by atoms with van der Waals surface area (Å²) in [6, 6.07) is 0. The van der Waals surface area contributed by atoms with Crippen LogP contribution < -0.4 is 0 Å². The van der Waals surface area contributed by atoms with Gasteiger partial charge in [-0.1, -0.05) is 0 Å². The number of esters is 1. The minimum absolute atomic E-state index is 0.0337. The highest BCUT2D eigenvalue weighted by Gasteiger charge is 2.21. The summed E-state index contributed by atoms with van der Waals surface area (Å²) < 4.78 is 38.8. The van der Waals surface area contributed by atoms with Gasteiger partial charge in [-0.05, 0) is 13.0 Å². The maximum Gasteiger partial charge on any atom is 0.409 e. The average Bonchev–Trinajstić information content (AvgIpc) is 1.95. The van der Waals surface area contributed by atoms with Crippen molar-refractivity contribution < 1.29 is 27.5 Å². The first-order valence-corrected chi connectivity index (χ1v) is 3.71. The molecule has 0 saturated heterocycles. The molecule has 0 aromatic heterocycles. The summed E-state index contributed by atoms with van der Waals surface area (Å²) >= 11 is 0. The van der Waals surface area contributed by atoms with Gasteiger partial charge in [-0.2, -0.15) is 13.2 Å². The van der Waals surface area contributed by atoms with E-state index in [0.717, 1.165) is 0 Å². The number of hydrogen-bond acceptors (Lipinski definition) is 3. The van der Waals surface area contributed by atoms with Gasteiger partial charge in [0.05, 0.1) is 0 Å². The van der Waals surface area contributed by atoms with E-state index in [4.69, 9.17) is 0 Å². The molecule has 6 heteroatoms. The number of hydrogen-bond donors (Lipinski definition) is 0. The number of ether oxygens (including phenoxy) is 1. The van der Waals surface area contributed by atoms with Crippen LogP contribution in [0, 0.1) is 0 Å². The third-order valence-corrected chi connectivity index (χ3v) is 1.04. The van der Waals surface area contributed by atoms with Gasteiger partial charge in [0.1, 0.15) is 18.8 Å².